The molecule has 2 aromatic rings. The predicted molar refractivity (Wildman–Crippen MR) is 102 cm³/mol. The first-order valence-corrected chi connectivity index (χ1v) is 8.21. The Labute approximate surface area is 157 Å². The Morgan fingerprint density at radius 2 is 1.63 bits per heavy atom. The van der Waals surface area contributed by atoms with Crippen LogP contribution >= 0.6 is 0 Å². The number of carbonyl (C=O) groups is 1. The molecule has 0 aromatic heterocycles. The Balaban J connectivity index is 1.90. The van der Waals surface area contributed by atoms with Crippen LogP contribution in [0.2, 0.25) is 0 Å². The number of carbonyl (C=O) groups excluding carboxylic acids is 1. The van der Waals surface area contributed by atoms with Crippen molar-refractivity contribution in [1.29, 1.82) is 0 Å². The van der Waals surface area contributed by atoms with Gasteiger partial charge in [0.05, 0.1) is 21.3 Å². The molecule has 0 saturated carbocycles. The van der Waals surface area contributed by atoms with Crippen molar-refractivity contribution < 1.29 is 23.7 Å². The first-order chi connectivity index (χ1) is 13.2. The summed E-state index contributed by atoms with van der Waals surface area (Å²) in [4.78, 5) is 16.4. The van der Waals surface area contributed by atoms with E-state index >= 15 is 0 Å². The van der Waals surface area contributed by atoms with Crippen molar-refractivity contribution in [1.82, 2.24) is 0 Å². The number of methoxy groups -OCH3 is 3. The maximum Gasteiger partial charge on any atom is 0.363 e. The van der Waals surface area contributed by atoms with Gasteiger partial charge in [-0.3, -0.25) is 0 Å². The summed E-state index contributed by atoms with van der Waals surface area (Å²) >= 11 is 0. The van der Waals surface area contributed by atoms with Crippen LogP contribution in [0, 0.1) is 0 Å². The Kier molecular flexibility index (Phi) is 5.56. The first-order valence-electron chi connectivity index (χ1n) is 8.21. The Hall–Kier alpha value is -3.54. The normalized spacial score (nSPS) is 15.0. The van der Waals surface area contributed by atoms with Gasteiger partial charge in [-0.15, -0.1) is 0 Å². The van der Waals surface area contributed by atoms with Crippen LogP contribution in [0.1, 0.15) is 11.1 Å². The van der Waals surface area contributed by atoms with Gasteiger partial charge in [0.1, 0.15) is 0 Å². The monoisotopic (exact) mass is 365 g/mol. The third-order valence-electron chi connectivity index (χ3n) is 3.87. The number of hydrogen-bond donors (Lipinski definition) is 0. The third-order valence-corrected chi connectivity index (χ3v) is 3.87. The molecule has 0 fully saturated rings. The lowest BCUT2D eigenvalue weighted by molar-refractivity contribution is -0.130. The lowest BCUT2D eigenvalue weighted by Gasteiger charge is -2.13. The summed E-state index contributed by atoms with van der Waals surface area (Å²) < 4.78 is 21.2. The summed E-state index contributed by atoms with van der Waals surface area (Å²) in [5.41, 5.74) is 1.79. The van der Waals surface area contributed by atoms with Gasteiger partial charge in [-0.1, -0.05) is 42.5 Å². The molecule has 0 N–H and O–H groups in total. The van der Waals surface area contributed by atoms with Crippen LogP contribution in [0.4, 0.5) is 0 Å². The highest BCUT2D eigenvalue weighted by Crippen LogP contribution is 2.38. The van der Waals surface area contributed by atoms with Gasteiger partial charge in [0.2, 0.25) is 11.6 Å². The minimum atomic E-state index is -0.517. The molecule has 0 amide bonds. The molecular formula is C21H19NO5. The fraction of sp³-hybridized carbons (Fsp3) is 0.143. The van der Waals surface area contributed by atoms with Gasteiger partial charge in [-0.25, -0.2) is 9.79 Å². The van der Waals surface area contributed by atoms with Crippen molar-refractivity contribution in [2.45, 2.75) is 0 Å². The van der Waals surface area contributed by atoms with Gasteiger partial charge in [-0.2, -0.15) is 0 Å². The van der Waals surface area contributed by atoms with Gasteiger partial charge in [-0.05, 0) is 23.8 Å². The molecule has 2 aromatic carbocycles. The standard InChI is InChI=1S/C21H19NO5/c1-24-17-12-15(13-18(25-2)19(17)26-3)20-22-16(21(23)27-20)11-7-10-14-8-5-4-6-9-14/h4-13H,1-3H3/b10-7+,16-11+. The average molecular weight is 365 g/mol. The van der Waals surface area contributed by atoms with Crippen molar-refractivity contribution in [3.05, 3.63) is 71.4 Å². The van der Waals surface area contributed by atoms with Crippen LogP contribution in [-0.2, 0) is 9.53 Å². The fourth-order valence-corrected chi connectivity index (χ4v) is 2.57. The van der Waals surface area contributed by atoms with Crippen LogP contribution < -0.4 is 14.2 Å². The van der Waals surface area contributed by atoms with E-state index in [9.17, 15) is 4.79 Å². The highest BCUT2D eigenvalue weighted by atomic mass is 16.6. The molecule has 0 unspecified atom stereocenters. The zero-order valence-corrected chi connectivity index (χ0v) is 15.3. The highest BCUT2D eigenvalue weighted by molar-refractivity contribution is 6.11. The second kappa shape index (κ2) is 8.23. The lowest BCUT2D eigenvalue weighted by atomic mass is 10.1. The molecule has 0 saturated heterocycles. The summed E-state index contributed by atoms with van der Waals surface area (Å²) in [5, 5.41) is 0. The number of ether oxygens (including phenoxy) is 4. The van der Waals surface area contributed by atoms with E-state index in [-0.39, 0.29) is 11.6 Å². The molecular weight excluding hydrogens is 346 g/mol. The SMILES string of the molecule is COc1cc(C2=N/C(=C/C=C/c3ccccc3)C(=O)O2)cc(OC)c1OC. The largest absolute Gasteiger partial charge is 0.493 e. The summed E-state index contributed by atoms with van der Waals surface area (Å²) in [6.45, 7) is 0. The second-order valence-corrected chi connectivity index (χ2v) is 5.54. The van der Waals surface area contributed by atoms with Gasteiger partial charge < -0.3 is 18.9 Å². The zero-order valence-electron chi connectivity index (χ0n) is 15.3. The Morgan fingerprint density at radius 3 is 2.22 bits per heavy atom. The van der Waals surface area contributed by atoms with E-state index < -0.39 is 5.97 Å². The zero-order chi connectivity index (χ0) is 19.2. The van der Waals surface area contributed by atoms with E-state index in [1.165, 1.54) is 21.3 Å². The van der Waals surface area contributed by atoms with E-state index in [4.69, 9.17) is 18.9 Å². The molecule has 0 bridgehead atoms. The van der Waals surface area contributed by atoms with Gasteiger partial charge in [0, 0.05) is 5.56 Å². The van der Waals surface area contributed by atoms with Crippen LogP contribution in [0.5, 0.6) is 17.2 Å². The Bertz CT molecular complexity index is 904. The molecule has 1 heterocycles. The van der Waals surface area contributed by atoms with E-state index in [0.29, 0.717) is 22.8 Å². The first kappa shape index (κ1) is 18.3. The van der Waals surface area contributed by atoms with E-state index in [1.807, 2.05) is 36.4 Å². The number of nitrogens with zero attached hydrogens (tertiary/aromatic N) is 1. The smallest absolute Gasteiger partial charge is 0.363 e. The maximum absolute atomic E-state index is 12.1. The molecule has 6 heteroatoms. The summed E-state index contributed by atoms with van der Waals surface area (Å²) in [6, 6.07) is 13.1. The topological polar surface area (TPSA) is 66.4 Å². The summed E-state index contributed by atoms with van der Waals surface area (Å²) in [7, 11) is 4.56. The minimum absolute atomic E-state index is 0.179. The lowest BCUT2D eigenvalue weighted by Crippen LogP contribution is -2.06. The molecule has 1 aliphatic heterocycles. The molecule has 0 spiro atoms. The number of rotatable bonds is 6. The maximum atomic E-state index is 12.1. The van der Waals surface area contributed by atoms with Crippen molar-refractivity contribution in [3.63, 3.8) is 0 Å². The fourth-order valence-electron chi connectivity index (χ4n) is 2.57. The van der Waals surface area contributed by atoms with Gasteiger partial charge >= 0.3 is 5.97 Å². The minimum Gasteiger partial charge on any atom is -0.493 e. The molecule has 6 nitrogen and oxygen atoms in total. The molecule has 27 heavy (non-hydrogen) atoms. The molecule has 0 atom stereocenters. The van der Waals surface area contributed by atoms with Crippen molar-refractivity contribution in [3.8, 4) is 17.2 Å². The van der Waals surface area contributed by atoms with Gasteiger partial charge in [0.15, 0.2) is 17.2 Å². The van der Waals surface area contributed by atoms with Crippen molar-refractivity contribution in [2.75, 3.05) is 21.3 Å². The molecule has 1 aliphatic rings. The van der Waals surface area contributed by atoms with Crippen molar-refractivity contribution in [2.24, 2.45) is 4.99 Å². The quantitative estimate of drug-likeness (QED) is 0.578. The molecule has 138 valence electrons. The number of hydrogen-bond acceptors (Lipinski definition) is 6. The number of esters is 1. The van der Waals surface area contributed by atoms with Crippen molar-refractivity contribution >= 4 is 17.9 Å². The highest BCUT2D eigenvalue weighted by Gasteiger charge is 2.26. The predicted octanol–water partition coefficient (Wildman–Crippen LogP) is 3.61. The second-order valence-electron chi connectivity index (χ2n) is 5.54. The number of aliphatic imine (C=N–C) groups is 1. The third kappa shape index (κ3) is 4.00. The molecule has 0 radical (unpaired) electrons. The van der Waals surface area contributed by atoms with E-state index in [1.54, 1.807) is 24.3 Å². The van der Waals surface area contributed by atoms with Gasteiger partial charge in [0.25, 0.3) is 0 Å². The average Bonchev–Trinajstić information content (AvgIpc) is 3.08. The summed E-state index contributed by atoms with van der Waals surface area (Å²) in [6.07, 6.45) is 5.25. The van der Waals surface area contributed by atoms with Crippen LogP contribution in [0.3, 0.4) is 0 Å². The summed E-state index contributed by atoms with van der Waals surface area (Å²) in [5.74, 6) is 1.02. The van der Waals surface area contributed by atoms with Crippen LogP contribution in [0.15, 0.2) is 65.3 Å². The number of benzene rings is 2. The number of allylic oxidation sites excluding steroid dienone is 2. The number of cyclic esters (lactones) is 1. The van der Waals surface area contributed by atoms with Crippen LogP contribution in [-0.4, -0.2) is 33.2 Å². The molecule has 3 rings (SSSR count). The van der Waals surface area contributed by atoms with E-state index in [2.05, 4.69) is 4.99 Å². The molecule has 0 aliphatic carbocycles. The Morgan fingerprint density at radius 1 is 0.963 bits per heavy atom. The van der Waals surface area contributed by atoms with E-state index in [0.717, 1.165) is 5.56 Å². The van der Waals surface area contributed by atoms with Crippen LogP contribution in [0.25, 0.3) is 6.08 Å².